The average molecular weight is 437 g/mol. The molecule has 176 valence electrons. The van der Waals surface area contributed by atoms with Gasteiger partial charge in [-0.15, -0.1) is 0 Å². The van der Waals surface area contributed by atoms with E-state index >= 15 is 0 Å². The predicted octanol–water partition coefficient (Wildman–Crippen LogP) is 8.66. The normalized spacial score (nSPS) is 18.8. The summed E-state index contributed by atoms with van der Waals surface area (Å²) in [6, 6.07) is 2.81. The minimum atomic E-state index is -1.06. The van der Waals surface area contributed by atoms with Crippen LogP contribution in [-0.2, 0) is 0 Å². The summed E-state index contributed by atoms with van der Waals surface area (Å²) < 4.78 is 34.4. The van der Waals surface area contributed by atoms with Crippen molar-refractivity contribution >= 4 is 5.78 Å². The molecule has 0 aromatic heterocycles. The largest absolute Gasteiger partial charge is 0.490 e. The van der Waals surface area contributed by atoms with Crippen LogP contribution >= 0.6 is 0 Å². The second-order valence-corrected chi connectivity index (χ2v) is 9.37. The molecule has 1 aliphatic rings. The molecule has 0 bridgehead atoms. The Morgan fingerprint density at radius 3 is 2.16 bits per heavy atom. The van der Waals surface area contributed by atoms with Crippen LogP contribution in [-0.4, -0.2) is 12.4 Å². The quantitative estimate of drug-likeness (QED) is 0.203. The fourth-order valence-electron chi connectivity index (χ4n) is 4.70. The number of Topliss-reactive ketones (excluding diaryl/α,β-unsaturated/α-hetero) is 1. The maximum Gasteiger partial charge on any atom is 0.201 e. The third-order valence-corrected chi connectivity index (χ3v) is 6.76. The molecule has 1 aromatic carbocycles. The fourth-order valence-corrected chi connectivity index (χ4v) is 4.70. The standard InChI is InChI=1S/C27H42F2O2/c1-3-5-7-8-9-11-19-31-25-18-17-23(26(28)27(25)29)24(30)20-22-15-13-21(14-16-22)12-10-6-4-2/h17-18,21-22H,3-16,19-20H2,1-2H3. The van der Waals surface area contributed by atoms with Gasteiger partial charge in [-0.2, -0.15) is 4.39 Å². The van der Waals surface area contributed by atoms with E-state index in [4.69, 9.17) is 4.74 Å². The van der Waals surface area contributed by atoms with Gasteiger partial charge in [0.1, 0.15) is 0 Å². The van der Waals surface area contributed by atoms with Gasteiger partial charge in [-0.25, -0.2) is 4.39 Å². The molecular formula is C27H42F2O2. The van der Waals surface area contributed by atoms with Gasteiger partial charge in [-0.3, -0.25) is 4.79 Å². The molecule has 0 N–H and O–H groups in total. The highest BCUT2D eigenvalue weighted by Crippen LogP contribution is 2.35. The molecule has 2 rings (SSSR count). The monoisotopic (exact) mass is 436 g/mol. The zero-order valence-corrected chi connectivity index (χ0v) is 19.7. The molecule has 31 heavy (non-hydrogen) atoms. The zero-order chi connectivity index (χ0) is 22.5. The highest BCUT2D eigenvalue weighted by molar-refractivity contribution is 5.96. The van der Waals surface area contributed by atoms with Crippen LogP contribution in [0.4, 0.5) is 8.78 Å². The summed E-state index contributed by atoms with van der Waals surface area (Å²) in [5.74, 6) is -1.39. The topological polar surface area (TPSA) is 26.3 Å². The van der Waals surface area contributed by atoms with Crippen LogP contribution in [0, 0.1) is 23.5 Å². The Labute approximate surface area is 188 Å². The van der Waals surface area contributed by atoms with Crippen LogP contribution < -0.4 is 4.74 Å². The molecule has 4 heteroatoms. The van der Waals surface area contributed by atoms with Crippen LogP contribution in [0.5, 0.6) is 5.75 Å². The Morgan fingerprint density at radius 1 is 0.839 bits per heavy atom. The van der Waals surface area contributed by atoms with Crippen molar-refractivity contribution in [1.82, 2.24) is 0 Å². The first kappa shape index (κ1) is 25.8. The zero-order valence-electron chi connectivity index (χ0n) is 19.7. The molecule has 0 heterocycles. The number of ether oxygens (including phenoxy) is 1. The summed E-state index contributed by atoms with van der Waals surface area (Å²) in [4.78, 5) is 12.6. The molecular weight excluding hydrogens is 394 g/mol. The Kier molecular flexibility index (Phi) is 12.1. The summed E-state index contributed by atoms with van der Waals surface area (Å²) in [5, 5.41) is 0. The lowest BCUT2D eigenvalue weighted by Crippen LogP contribution is -2.18. The van der Waals surface area contributed by atoms with Crippen molar-refractivity contribution in [2.45, 2.75) is 110 Å². The van der Waals surface area contributed by atoms with Crippen molar-refractivity contribution < 1.29 is 18.3 Å². The van der Waals surface area contributed by atoms with Gasteiger partial charge in [0.15, 0.2) is 17.3 Å². The van der Waals surface area contributed by atoms with E-state index in [1.54, 1.807) is 0 Å². The van der Waals surface area contributed by atoms with E-state index in [9.17, 15) is 13.6 Å². The van der Waals surface area contributed by atoms with E-state index in [1.807, 2.05) is 0 Å². The van der Waals surface area contributed by atoms with Crippen molar-refractivity contribution in [2.24, 2.45) is 11.8 Å². The lowest BCUT2D eigenvalue weighted by Gasteiger charge is -2.28. The first-order chi connectivity index (χ1) is 15.1. The van der Waals surface area contributed by atoms with E-state index in [-0.39, 0.29) is 17.1 Å². The third-order valence-electron chi connectivity index (χ3n) is 6.76. The van der Waals surface area contributed by atoms with Gasteiger partial charge < -0.3 is 4.74 Å². The number of carbonyl (C=O) groups excluding carboxylic acids is 1. The number of carbonyl (C=O) groups is 1. The molecule has 2 nitrogen and oxygen atoms in total. The summed E-state index contributed by atoms with van der Waals surface area (Å²) in [5.41, 5.74) is -0.130. The van der Waals surface area contributed by atoms with Crippen molar-refractivity contribution in [3.05, 3.63) is 29.3 Å². The Hall–Kier alpha value is -1.45. The second-order valence-electron chi connectivity index (χ2n) is 9.37. The van der Waals surface area contributed by atoms with Crippen LogP contribution in [0.1, 0.15) is 121 Å². The number of halogens is 2. The molecule has 0 amide bonds. The number of benzene rings is 1. The summed E-state index contributed by atoms with van der Waals surface area (Å²) in [7, 11) is 0. The molecule has 1 saturated carbocycles. The maximum absolute atomic E-state index is 14.5. The molecule has 0 atom stereocenters. The second kappa shape index (κ2) is 14.6. The van der Waals surface area contributed by atoms with Gasteiger partial charge >= 0.3 is 0 Å². The molecule has 0 aliphatic heterocycles. The van der Waals surface area contributed by atoms with Gasteiger partial charge in [-0.1, -0.05) is 84.5 Å². The molecule has 0 saturated heterocycles. The average Bonchev–Trinajstić information content (AvgIpc) is 2.77. The third kappa shape index (κ3) is 8.90. The highest BCUT2D eigenvalue weighted by Gasteiger charge is 2.26. The minimum absolute atomic E-state index is 0.0878. The summed E-state index contributed by atoms with van der Waals surface area (Å²) in [6.07, 6.45) is 16.4. The maximum atomic E-state index is 14.5. The van der Waals surface area contributed by atoms with Crippen LogP contribution in [0.2, 0.25) is 0 Å². The molecule has 0 radical (unpaired) electrons. The number of hydrogen-bond donors (Lipinski definition) is 0. The molecule has 1 fully saturated rings. The Bertz CT molecular complexity index is 651. The van der Waals surface area contributed by atoms with E-state index in [0.29, 0.717) is 18.9 Å². The van der Waals surface area contributed by atoms with Gasteiger partial charge in [-0.05, 0) is 43.2 Å². The number of ketones is 1. The SMILES string of the molecule is CCCCCCCCOc1ccc(C(=O)CC2CCC(CCCCC)CC2)c(F)c1F. The van der Waals surface area contributed by atoms with E-state index < -0.39 is 11.6 Å². The van der Waals surface area contributed by atoms with E-state index in [1.165, 1.54) is 57.1 Å². The van der Waals surface area contributed by atoms with Crippen LogP contribution in [0.3, 0.4) is 0 Å². The first-order valence-electron chi connectivity index (χ1n) is 12.7. The van der Waals surface area contributed by atoms with Crippen molar-refractivity contribution in [2.75, 3.05) is 6.61 Å². The van der Waals surface area contributed by atoms with Crippen LogP contribution in [0.25, 0.3) is 0 Å². The number of rotatable bonds is 15. The van der Waals surface area contributed by atoms with Gasteiger partial charge in [0.2, 0.25) is 5.82 Å². The lowest BCUT2D eigenvalue weighted by atomic mass is 9.77. The first-order valence-corrected chi connectivity index (χ1v) is 12.7. The highest BCUT2D eigenvalue weighted by atomic mass is 19.2. The Balaban J connectivity index is 1.77. The minimum Gasteiger partial charge on any atom is -0.490 e. The fraction of sp³-hybridized carbons (Fsp3) is 0.741. The van der Waals surface area contributed by atoms with Gasteiger partial charge in [0.05, 0.1) is 12.2 Å². The van der Waals surface area contributed by atoms with E-state index in [0.717, 1.165) is 50.9 Å². The Morgan fingerprint density at radius 2 is 1.45 bits per heavy atom. The number of unbranched alkanes of at least 4 members (excludes halogenated alkanes) is 7. The molecule has 0 unspecified atom stereocenters. The lowest BCUT2D eigenvalue weighted by molar-refractivity contribution is 0.0936. The molecule has 0 spiro atoms. The molecule has 1 aromatic rings. The van der Waals surface area contributed by atoms with Crippen molar-refractivity contribution in [3.8, 4) is 5.75 Å². The number of hydrogen-bond acceptors (Lipinski definition) is 2. The summed E-state index contributed by atoms with van der Waals surface area (Å²) >= 11 is 0. The van der Waals surface area contributed by atoms with Crippen molar-refractivity contribution in [1.29, 1.82) is 0 Å². The van der Waals surface area contributed by atoms with Crippen molar-refractivity contribution in [3.63, 3.8) is 0 Å². The molecule has 1 aliphatic carbocycles. The van der Waals surface area contributed by atoms with E-state index in [2.05, 4.69) is 13.8 Å². The van der Waals surface area contributed by atoms with Gasteiger partial charge in [0, 0.05) is 6.42 Å². The smallest absolute Gasteiger partial charge is 0.201 e. The predicted molar refractivity (Wildman–Crippen MR) is 124 cm³/mol. The van der Waals surface area contributed by atoms with Crippen LogP contribution in [0.15, 0.2) is 12.1 Å². The van der Waals surface area contributed by atoms with Gasteiger partial charge in [0.25, 0.3) is 0 Å². The summed E-state index contributed by atoms with van der Waals surface area (Å²) in [6.45, 7) is 4.77.